The van der Waals surface area contributed by atoms with E-state index in [-0.39, 0.29) is 0 Å². The Kier molecular flexibility index (Phi) is 6.18. The summed E-state index contributed by atoms with van der Waals surface area (Å²) in [6, 6.07) is 3.95. The molecule has 4 N–H and O–H groups in total. The van der Waals surface area contributed by atoms with Crippen molar-refractivity contribution in [1.29, 1.82) is 0 Å². The number of methoxy groups -OCH3 is 1. The molecule has 0 heterocycles. The van der Waals surface area contributed by atoms with Crippen molar-refractivity contribution in [1.82, 2.24) is 4.90 Å². The van der Waals surface area contributed by atoms with Crippen LogP contribution in [0.15, 0.2) is 24.4 Å². The minimum atomic E-state index is 0.651. The number of benzene rings is 1. The highest BCUT2D eigenvalue weighted by molar-refractivity contribution is 5.67. The average molecular weight is 278 g/mol. The molecule has 0 amide bonds. The molecule has 0 unspecified atom stereocenters. The molecule has 0 saturated carbocycles. The van der Waals surface area contributed by atoms with Crippen LogP contribution < -0.4 is 21.1 Å². The van der Waals surface area contributed by atoms with Gasteiger partial charge in [-0.25, -0.2) is 0 Å². The highest BCUT2D eigenvalue weighted by atomic mass is 16.5. The van der Waals surface area contributed by atoms with Gasteiger partial charge in [-0.3, -0.25) is 0 Å². The van der Waals surface area contributed by atoms with E-state index >= 15 is 0 Å². The van der Waals surface area contributed by atoms with Gasteiger partial charge in [0.2, 0.25) is 0 Å². The third kappa shape index (κ3) is 4.35. The number of hydrogen-bond donors (Lipinski definition) is 2. The number of hydrogen-bond acceptors (Lipinski definition) is 5. The maximum absolute atomic E-state index is 5.99. The molecule has 1 rings (SSSR count). The second kappa shape index (κ2) is 7.65. The number of rotatable bonds is 7. The topological polar surface area (TPSA) is 67.8 Å². The van der Waals surface area contributed by atoms with E-state index in [1.807, 2.05) is 18.2 Å². The zero-order valence-corrected chi connectivity index (χ0v) is 12.9. The number of nitrogens with two attached hydrogens (primary N) is 2. The Morgan fingerprint density at radius 2 is 1.90 bits per heavy atom. The molecule has 5 nitrogen and oxygen atoms in total. The van der Waals surface area contributed by atoms with Gasteiger partial charge in [0.15, 0.2) is 0 Å². The van der Waals surface area contributed by atoms with E-state index in [0.29, 0.717) is 11.4 Å². The monoisotopic (exact) mass is 278 g/mol. The van der Waals surface area contributed by atoms with Gasteiger partial charge in [-0.1, -0.05) is 6.08 Å². The second-order valence-electron chi connectivity index (χ2n) is 5.08. The van der Waals surface area contributed by atoms with Crippen molar-refractivity contribution in [2.45, 2.75) is 6.42 Å². The molecule has 20 heavy (non-hydrogen) atoms. The average Bonchev–Trinajstić information content (AvgIpc) is 2.42. The summed E-state index contributed by atoms with van der Waals surface area (Å²) in [4.78, 5) is 4.37. The predicted octanol–water partition coefficient (Wildman–Crippen LogP) is 1.29. The first kappa shape index (κ1) is 16.2. The van der Waals surface area contributed by atoms with Gasteiger partial charge in [0.25, 0.3) is 0 Å². The maximum atomic E-state index is 5.99. The molecule has 0 fully saturated rings. The molecule has 0 bridgehead atoms. The molecular formula is C15H26N4O. The third-order valence-corrected chi connectivity index (χ3v) is 3.20. The lowest BCUT2D eigenvalue weighted by molar-refractivity contribution is 0.413. The standard InChI is InChI=1S/C15H26N4O/c1-18(2)8-9-19(3)14-11-15(20-4)13(17)10-12(14)6-5-7-16/h5,7,10-11H,6,8-9,16-17H2,1-4H3. The van der Waals surface area contributed by atoms with Crippen LogP contribution >= 0.6 is 0 Å². The van der Waals surface area contributed by atoms with Crippen LogP contribution in [0, 0.1) is 0 Å². The molecule has 0 aliphatic rings. The largest absolute Gasteiger partial charge is 0.495 e. The van der Waals surface area contributed by atoms with Gasteiger partial charge in [0.05, 0.1) is 12.8 Å². The van der Waals surface area contributed by atoms with E-state index in [0.717, 1.165) is 30.8 Å². The number of nitrogens with zero attached hydrogens (tertiary/aromatic N) is 2. The zero-order chi connectivity index (χ0) is 15.1. The van der Waals surface area contributed by atoms with Crippen molar-refractivity contribution >= 4 is 11.4 Å². The van der Waals surface area contributed by atoms with Crippen molar-refractivity contribution in [2.24, 2.45) is 5.73 Å². The van der Waals surface area contributed by atoms with Crippen LogP contribution in [0.5, 0.6) is 5.75 Å². The van der Waals surface area contributed by atoms with E-state index in [1.54, 1.807) is 13.3 Å². The quantitative estimate of drug-likeness (QED) is 0.736. The molecule has 1 aromatic rings. The summed E-state index contributed by atoms with van der Waals surface area (Å²) in [5, 5.41) is 0. The third-order valence-electron chi connectivity index (χ3n) is 3.20. The van der Waals surface area contributed by atoms with Gasteiger partial charge in [0, 0.05) is 31.9 Å². The lowest BCUT2D eigenvalue weighted by Crippen LogP contribution is -2.29. The van der Waals surface area contributed by atoms with E-state index in [4.69, 9.17) is 16.2 Å². The Hall–Kier alpha value is -1.88. The first-order valence-electron chi connectivity index (χ1n) is 6.68. The molecule has 1 aromatic carbocycles. The molecule has 0 aliphatic carbocycles. The van der Waals surface area contributed by atoms with Crippen LogP contribution in [0.1, 0.15) is 5.56 Å². The lowest BCUT2D eigenvalue weighted by Gasteiger charge is -2.25. The SMILES string of the molecule is COc1cc(N(C)CCN(C)C)c(CC=CN)cc1N. The number of allylic oxidation sites excluding steroid dienone is 1. The first-order chi connectivity index (χ1) is 9.49. The van der Waals surface area contributed by atoms with Crippen molar-refractivity contribution in [3.63, 3.8) is 0 Å². The second-order valence-corrected chi connectivity index (χ2v) is 5.08. The van der Waals surface area contributed by atoms with Crippen molar-refractivity contribution in [3.05, 3.63) is 30.0 Å². The smallest absolute Gasteiger partial charge is 0.143 e. The summed E-state index contributed by atoms with van der Waals surface area (Å²) in [6.07, 6.45) is 4.24. The summed E-state index contributed by atoms with van der Waals surface area (Å²) in [6.45, 7) is 1.91. The van der Waals surface area contributed by atoms with Gasteiger partial charge >= 0.3 is 0 Å². The Balaban J connectivity index is 3.05. The highest BCUT2D eigenvalue weighted by Gasteiger charge is 2.11. The molecule has 0 atom stereocenters. The molecule has 0 radical (unpaired) electrons. The summed E-state index contributed by atoms with van der Waals surface area (Å²) in [7, 11) is 7.84. The zero-order valence-electron chi connectivity index (χ0n) is 12.9. The van der Waals surface area contributed by atoms with Gasteiger partial charge in [0.1, 0.15) is 5.75 Å². The number of likely N-dealkylation sites (N-methyl/N-ethyl adjacent to an activating group) is 2. The van der Waals surface area contributed by atoms with Crippen molar-refractivity contribution in [2.75, 3.05) is 52.0 Å². The fourth-order valence-electron chi connectivity index (χ4n) is 1.99. The van der Waals surface area contributed by atoms with E-state index in [2.05, 4.69) is 30.9 Å². The number of ether oxygens (including phenoxy) is 1. The van der Waals surface area contributed by atoms with Crippen molar-refractivity contribution in [3.8, 4) is 5.75 Å². The van der Waals surface area contributed by atoms with E-state index < -0.39 is 0 Å². The van der Waals surface area contributed by atoms with Gasteiger partial charge < -0.3 is 26.0 Å². The minimum absolute atomic E-state index is 0.651. The Bertz CT molecular complexity index is 457. The van der Waals surface area contributed by atoms with Crippen LogP contribution in [0.3, 0.4) is 0 Å². The molecular weight excluding hydrogens is 252 g/mol. The molecule has 112 valence electrons. The van der Waals surface area contributed by atoms with Crippen LogP contribution in [0.25, 0.3) is 0 Å². The lowest BCUT2D eigenvalue weighted by atomic mass is 10.1. The first-order valence-corrected chi connectivity index (χ1v) is 6.68. The molecule has 0 saturated heterocycles. The van der Waals surface area contributed by atoms with Crippen molar-refractivity contribution < 1.29 is 4.74 Å². The normalized spacial score (nSPS) is 11.2. The molecule has 0 spiro atoms. The van der Waals surface area contributed by atoms with Gasteiger partial charge in [-0.2, -0.15) is 0 Å². The number of nitrogen functional groups attached to an aromatic ring is 1. The maximum Gasteiger partial charge on any atom is 0.143 e. The summed E-state index contributed by atoms with van der Waals surface area (Å²) >= 11 is 0. The van der Waals surface area contributed by atoms with E-state index in [9.17, 15) is 0 Å². The summed E-state index contributed by atoms with van der Waals surface area (Å²) in [5.41, 5.74) is 14.3. The molecule has 0 aromatic heterocycles. The minimum Gasteiger partial charge on any atom is -0.495 e. The van der Waals surface area contributed by atoms with Crippen LogP contribution in [0.4, 0.5) is 11.4 Å². The molecule has 5 heteroatoms. The summed E-state index contributed by atoms with van der Waals surface area (Å²) < 4.78 is 5.32. The van der Waals surface area contributed by atoms with Crippen LogP contribution in [0.2, 0.25) is 0 Å². The summed E-state index contributed by atoms with van der Waals surface area (Å²) in [5.74, 6) is 0.706. The van der Waals surface area contributed by atoms with E-state index in [1.165, 1.54) is 0 Å². The fourth-order valence-corrected chi connectivity index (χ4v) is 1.99. The number of anilines is 2. The van der Waals surface area contributed by atoms with Gasteiger partial charge in [-0.05, 0) is 38.3 Å². The van der Waals surface area contributed by atoms with Crippen LogP contribution in [-0.4, -0.2) is 46.2 Å². The Morgan fingerprint density at radius 3 is 2.45 bits per heavy atom. The van der Waals surface area contributed by atoms with Crippen LogP contribution in [-0.2, 0) is 6.42 Å². The highest BCUT2D eigenvalue weighted by Crippen LogP contribution is 2.31. The predicted molar refractivity (Wildman–Crippen MR) is 86.3 cm³/mol. The fraction of sp³-hybridized carbons (Fsp3) is 0.467. The Labute approximate surface area is 121 Å². The Morgan fingerprint density at radius 1 is 1.20 bits per heavy atom. The van der Waals surface area contributed by atoms with Gasteiger partial charge in [-0.15, -0.1) is 0 Å². The molecule has 0 aliphatic heterocycles.